The van der Waals surface area contributed by atoms with Crippen LogP contribution in [0.2, 0.25) is 0 Å². The van der Waals surface area contributed by atoms with E-state index in [4.69, 9.17) is 13.9 Å². The van der Waals surface area contributed by atoms with E-state index in [0.717, 1.165) is 0 Å². The first kappa shape index (κ1) is 15.6. The summed E-state index contributed by atoms with van der Waals surface area (Å²) in [6.07, 6.45) is -0.542. The predicted molar refractivity (Wildman–Crippen MR) is 63.9 cm³/mol. The van der Waals surface area contributed by atoms with Crippen molar-refractivity contribution in [1.29, 1.82) is 0 Å². The Bertz CT molecular complexity index is 326. The van der Waals surface area contributed by atoms with Gasteiger partial charge in [-0.1, -0.05) is 0 Å². The highest BCUT2D eigenvalue weighted by molar-refractivity contribution is 7.54. The number of nitrogens with zero attached hydrogens (tertiary/aromatic N) is 1. The summed E-state index contributed by atoms with van der Waals surface area (Å²) in [5.41, 5.74) is 0. The fourth-order valence-electron chi connectivity index (χ4n) is 1.82. The number of carbonyl (C=O) groups excluding carboxylic acids is 1. The van der Waals surface area contributed by atoms with Gasteiger partial charge in [0.15, 0.2) is 6.10 Å². The van der Waals surface area contributed by atoms with Crippen LogP contribution in [0.3, 0.4) is 0 Å². The van der Waals surface area contributed by atoms with E-state index in [1.54, 1.807) is 20.9 Å². The fraction of sp³-hybridized carbons (Fsp3) is 0.900. The van der Waals surface area contributed by atoms with Crippen LogP contribution in [0.4, 0.5) is 0 Å². The van der Waals surface area contributed by atoms with Gasteiger partial charge >= 0.3 is 13.6 Å². The zero-order chi connectivity index (χ0) is 13.8. The van der Waals surface area contributed by atoms with Gasteiger partial charge in [-0.2, -0.15) is 5.06 Å². The Hall–Kier alpha value is -0.460. The topological polar surface area (TPSA) is 74.3 Å². The quantitative estimate of drug-likeness (QED) is 0.538. The molecule has 8 heteroatoms. The van der Waals surface area contributed by atoms with Crippen molar-refractivity contribution < 1.29 is 28.0 Å². The van der Waals surface area contributed by atoms with Gasteiger partial charge in [0.25, 0.3) is 0 Å². The molecule has 18 heavy (non-hydrogen) atoms. The van der Waals surface area contributed by atoms with E-state index in [2.05, 4.69) is 4.74 Å². The van der Waals surface area contributed by atoms with Crippen molar-refractivity contribution in [2.45, 2.75) is 32.2 Å². The number of esters is 1. The van der Waals surface area contributed by atoms with E-state index in [-0.39, 0.29) is 19.6 Å². The first-order valence-corrected chi connectivity index (χ1v) is 7.45. The lowest BCUT2D eigenvalue weighted by Gasteiger charge is -2.25. The summed E-state index contributed by atoms with van der Waals surface area (Å²) >= 11 is 0. The number of ether oxygens (including phenoxy) is 1. The molecule has 1 aliphatic heterocycles. The highest BCUT2D eigenvalue weighted by Crippen LogP contribution is 2.57. The molecule has 1 aliphatic rings. The number of hydrogen-bond donors (Lipinski definition) is 0. The third kappa shape index (κ3) is 3.30. The maximum atomic E-state index is 12.6. The Morgan fingerprint density at radius 1 is 1.39 bits per heavy atom. The van der Waals surface area contributed by atoms with E-state index in [1.165, 1.54) is 12.2 Å². The fourth-order valence-corrected chi connectivity index (χ4v) is 3.86. The molecule has 0 saturated carbocycles. The summed E-state index contributed by atoms with van der Waals surface area (Å²) < 4.78 is 27.7. The molecule has 0 unspecified atom stereocenters. The van der Waals surface area contributed by atoms with Crippen LogP contribution < -0.4 is 0 Å². The minimum absolute atomic E-state index is 0.223. The maximum Gasteiger partial charge on any atom is 0.350 e. The van der Waals surface area contributed by atoms with E-state index < -0.39 is 25.5 Å². The van der Waals surface area contributed by atoms with E-state index >= 15 is 0 Å². The van der Waals surface area contributed by atoms with Gasteiger partial charge in [0.1, 0.15) is 5.78 Å². The standard InChI is InChI=1S/C10H20NO6P/c1-5-15-18(13,16-6-2)9-7-8(10(12)14-4)17-11(9)3/h8-9H,5-7H2,1-4H3/t8-,9+/m0/s1. The molecule has 0 bridgehead atoms. The second-order valence-corrected chi connectivity index (χ2v) is 5.95. The minimum Gasteiger partial charge on any atom is -0.467 e. The van der Waals surface area contributed by atoms with Crippen LogP contribution in [0.5, 0.6) is 0 Å². The second kappa shape index (κ2) is 6.63. The normalized spacial score (nSPS) is 25.3. The molecule has 7 nitrogen and oxygen atoms in total. The van der Waals surface area contributed by atoms with Gasteiger partial charge in [0.05, 0.1) is 20.3 Å². The Balaban J connectivity index is 2.81. The molecule has 0 spiro atoms. The van der Waals surface area contributed by atoms with Gasteiger partial charge in [-0.25, -0.2) is 4.79 Å². The number of hydroxylamine groups is 2. The van der Waals surface area contributed by atoms with Crippen molar-refractivity contribution in [1.82, 2.24) is 5.06 Å². The Morgan fingerprint density at radius 3 is 2.39 bits per heavy atom. The molecule has 1 heterocycles. The zero-order valence-corrected chi connectivity index (χ0v) is 12.0. The van der Waals surface area contributed by atoms with Crippen LogP contribution in [-0.4, -0.2) is 50.3 Å². The van der Waals surface area contributed by atoms with E-state index in [0.29, 0.717) is 0 Å². The van der Waals surface area contributed by atoms with Crippen molar-refractivity contribution in [3.05, 3.63) is 0 Å². The summed E-state index contributed by atoms with van der Waals surface area (Å²) in [7, 11) is -0.441. The molecule has 1 fully saturated rings. The molecular formula is C10H20NO6P. The van der Waals surface area contributed by atoms with Crippen molar-refractivity contribution in [3.63, 3.8) is 0 Å². The predicted octanol–water partition coefficient (Wildman–Crippen LogP) is 1.39. The van der Waals surface area contributed by atoms with Crippen LogP contribution in [0, 0.1) is 0 Å². The van der Waals surface area contributed by atoms with E-state index in [1.807, 2.05) is 0 Å². The van der Waals surface area contributed by atoms with Crippen molar-refractivity contribution in [2.24, 2.45) is 0 Å². The van der Waals surface area contributed by atoms with Gasteiger partial charge in [-0.3, -0.25) is 9.40 Å². The summed E-state index contributed by atoms with van der Waals surface area (Å²) in [6.45, 7) is 4.01. The average molecular weight is 281 g/mol. The average Bonchev–Trinajstić information content (AvgIpc) is 2.71. The third-order valence-electron chi connectivity index (χ3n) is 2.59. The summed E-state index contributed by atoms with van der Waals surface area (Å²) in [5.74, 6) is -1.09. The Morgan fingerprint density at radius 2 is 1.94 bits per heavy atom. The summed E-state index contributed by atoms with van der Waals surface area (Å²) in [5, 5.41) is 1.35. The highest BCUT2D eigenvalue weighted by atomic mass is 31.2. The highest BCUT2D eigenvalue weighted by Gasteiger charge is 2.48. The van der Waals surface area contributed by atoms with Crippen LogP contribution in [0.1, 0.15) is 20.3 Å². The van der Waals surface area contributed by atoms with Crippen molar-refractivity contribution in [2.75, 3.05) is 27.4 Å². The summed E-state index contributed by atoms with van der Waals surface area (Å²) in [4.78, 5) is 16.7. The molecule has 106 valence electrons. The smallest absolute Gasteiger partial charge is 0.350 e. The molecule has 0 aromatic heterocycles. The monoisotopic (exact) mass is 281 g/mol. The SMILES string of the molecule is CCOP(=O)(OCC)[C@@H]1C[C@@H](C(=O)OC)ON1C. The molecule has 1 saturated heterocycles. The Labute approximate surface area is 107 Å². The third-order valence-corrected chi connectivity index (χ3v) is 5.09. The lowest BCUT2D eigenvalue weighted by molar-refractivity contribution is -0.176. The number of carbonyl (C=O) groups is 1. The molecule has 0 radical (unpaired) electrons. The van der Waals surface area contributed by atoms with E-state index in [9.17, 15) is 9.36 Å². The van der Waals surface area contributed by atoms with Gasteiger partial charge < -0.3 is 13.8 Å². The molecule has 2 atom stereocenters. The molecule has 0 aromatic rings. The number of methoxy groups -OCH3 is 1. The van der Waals surface area contributed by atoms with Gasteiger partial charge in [-0.05, 0) is 13.8 Å². The maximum absolute atomic E-state index is 12.6. The van der Waals surface area contributed by atoms with Crippen LogP contribution in [0.15, 0.2) is 0 Å². The van der Waals surface area contributed by atoms with Gasteiger partial charge in [0.2, 0.25) is 0 Å². The molecule has 1 rings (SSSR count). The first-order valence-electron chi connectivity index (χ1n) is 5.84. The van der Waals surface area contributed by atoms with Crippen LogP contribution in [0.25, 0.3) is 0 Å². The molecular weight excluding hydrogens is 261 g/mol. The minimum atomic E-state index is -3.32. The lowest BCUT2D eigenvalue weighted by atomic mass is 10.3. The molecule has 0 aromatic carbocycles. The molecule has 0 amide bonds. The summed E-state index contributed by atoms with van der Waals surface area (Å²) in [6, 6.07) is 0. The van der Waals surface area contributed by atoms with Gasteiger partial charge in [0, 0.05) is 13.5 Å². The van der Waals surface area contributed by atoms with Gasteiger partial charge in [-0.15, -0.1) is 0 Å². The zero-order valence-electron chi connectivity index (χ0n) is 11.1. The number of hydrogen-bond acceptors (Lipinski definition) is 7. The van der Waals surface area contributed by atoms with Crippen molar-refractivity contribution >= 4 is 13.6 Å². The van der Waals surface area contributed by atoms with Crippen LogP contribution >= 0.6 is 7.60 Å². The Kier molecular flexibility index (Phi) is 5.75. The van der Waals surface area contributed by atoms with Crippen molar-refractivity contribution in [3.8, 4) is 0 Å². The second-order valence-electron chi connectivity index (χ2n) is 3.76. The largest absolute Gasteiger partial charge is 0.467 e. The first-order chi connectivity index (χ1) is 8.48. The molecule has 0 aliphatic carbocycles. The molecule has 0 N–H and O–H groups in total. The number of rotatable bonds is 6. The lowest BCUT2D eigenvalue weighted by Crippen LogP contribution is -2.26. The van der Waals surface area contributed by atoms with Crippen LogP contribution in [-0.2, 0) is 28.0 Å².